The number of carbonyl (C=O) groups is 1. The second kappa shape index (κ2) is 7.50. The molecule has 1 fully saturated rings. The molecular weight excluding hydrogens is 420 g/mol. The molecule has 3 rings (SSSR count). The summed E-state index contributed by atoms with van der Waals surface area (Å²) in [6, 6.07) is 7.08. The van der Waals surface area contributed by atoms with Crippen LogP contribution >= 0.6 is 15.9 Å². The molecule has 2 heterocycles. The van der Waals surface area contributed by atoms with Gasteiger partial charge in [0.2, 0.25) is 10.0 Å². The van der Waals surface area contributed by atoms with Gasteiger partial charge in [-0.25, -0.2) is 13.1 Å². The number of hydrogen-bond acceptors (Lipinski definition) is 4. The second-order valence-electron chi connectivity index (χ2n) is 6.46. The summed E-state index contributed by atoms with van der Waals surface area (Å²) in [6.07, 6.45) is 1.16. The van der Waals surface area contributed by atoms with Crippen molar-refractivity contribution in [3.8, 4) is 0 Å². The zero-order valence-corrected chi connectivity index (χ0v) is 17.0. The van der Waals surface area contributed by atoms with Crippen LogP contribution in [0.15, 0.2) is 33.6 Å². The lowest BCUT2D eigenvalue weighted by Gasteiger charge is -2.32. The maximum absolute atomic E-state index is 12.6. The molecule has 0 unspecified atom stereocenters. The Bertz CT molecular complexity index is 898. The van der Waals surface area contributed by atoms with E-state index >= 15 is 0 Å². The molecule has 1 saturated heterocycles. The number of piperidine rings is 1. The first-order valence-electron chi connectivity index (χ1n) is 8.36. The largest absolute Gasteiger partial charge is 0.339 e. The summed E-state index contributed by atoms with van der Waals surface area (Å²) in [6.45, 7) is 4.38. The van der Waals surface area contributed by atoms with Crippen molar-refractivity contribution in [2.45, 2.75) is 37.6 Å². The molecule has 2 aromatic rings. The minimum absolute atomic E-state index is 0.0332. The lowest BCUT2D eigenvalue weighted by molar-refractivity contribution is 0.0711. The van der Waals surface area contributed by atoms with Gasteiger partial charge in [0.1, 0.15) is 4.90 Å². The number of carbonyl (C=O) groups excluding carboxylic acids is 1. The monoisotopic (exact) mass is 440 g/mol. The second-order valence-corrected chi connectivity index (χ2v) is 9.03. The van der Waals surface area contributed by atoms with Crippen molar-refractivity contribution in [1.82, 2.24) is 19.8 Å². The van der Waals surface area contributed by atoms with Gasteiger partial charge in [-0.15, -0.1) is 0 Å². The van der Waals surface area contributed by atoms with Gasteiger partial charge in [-0.2, -0.15) is 5.10 Å². The van der Waals surface area contributed by atoms with E-state index in [0.29, 0.717) is 42.9 Å². The highest BCUT2D eigenvalue weighted by Crippen LogP contribution is 2.21. The van der Waals surface area contributed by atoms with Crippen LogP contribution in [0.3, 0.4) is 0 Å². The Kier molecular flexibility index (Phi) is 5.50. The highest BCUT2D eigenvalue weighted by atomic mass is 79.9. The van der Waals surface area contributed by atoms with Crippen LogP contribution in [0, 0.1) is 13.8 Å². The number of nitrogens with one attached hydrogen (secondary N) is 2. The summed E-state index contributed by atoms with van der Waals surface area (Å²) < 4.78 is 28.9. The average molecular weight is 441 g/mol. The van der Waals surface area contributed by atoms with E-state index in [-0.39, 0.29) is 16.8 Å². The van der Waals surface area contributed by atoms with Crippen LogP contribution in [0.25, 0.3) is 0 Å². The normalized spacial score (nSPS) is 16.0. The molecule has 1 aliphatic rings. The van der Waals surface area contributed by atoms with Gasteiger partial charge in [0.15, 0.2) is 0 Å². The van der Waals surface area contributed by atoms with E-state index in [1.54, 1.807) is 30.9 Å². The Morgan fingerprint density at radius 1 is 1.31 bits per heavy atom. The quantitative estimate of drug-likeness (QED) is 0.762. The molecule has 7 nitrogen and oxygen atoms in total. The lowest BCUT2D eigenvalue weighted by atomic mass is 10.0. The maximum atomic E-state index is 12.6. The van der Waals surface area contributed by atoms with Crippen LogP contribution in [0.5, 0.6) is 0 Å². The summed E-state index contributed by atoms with van der Waals surface area (Å²) in [4.78, 5) is 14.6. The fourth-order valence-corrected chi connectivity index (χ4v) is 5.29. The van der Waals surface area contributed by atoms with Crippen molar-refractivity contribution in [3.05, 3.63) is 45.7 Å². The van der Waals surface area contributed by atoms with E-state index in [4.69, 9.17) is 0 Å². The Morgan fingerprint density at radius 2 is 2.00 bits per heavy atom. The Morgan fingerprint density at radius 3 is 2.58 bits per heavy atom. The summed E-state index contributed by atoms with van der Waals surface area (Å²) in [5, 5.41) is 6.65. The molecule has 0 saturated carbocycles. The first-order chi connectivity index (χ1) is 12.3. The van der Waals surface area contributed by atoms with Gasteiger partial charge in [0, 0.05) is 29.2 Å². The van der Waals surface area contributed by atoms with Crippen molar-refractivity contribution in [2.24, 2.45) is 0 Å². The van der Waals surface area contributed by atoms with Crippen LogP contribution in [-0.2, 0) is 10.0 Å². The summed E-state index contributed by atoms with van der Waals surface area (Å²) >= 11 is 3.37. The van der Waals surface area contributed by atoms with E-state index in [1.165, 1.54) is 0 Å². The fraction of sp³-hybridized carbons (Fsp3) is 0.412. The van der Waals surface area contributed by atoms with Crippen molar-refractivity contribution >= 4 is 31.9 Å². The van der Waals surface area contributed by atoms with E-state index < -0.39 is 10.0 Å². The molecule has 1 amide bonds. The molecule has 0 spiro atoms. The Labute approximate surface area is 161 Å². The zero-order chi connectivity index (χ0) is 18.9. The number of halogens is 1. The first-order valence-corrected chi connectivity index (χ1v) is 10.6. The number of hydrogen-bond donors (Lipinski definition) is 2. The van der Waals surface area contributed by atoms with E-state index in [0.717, 1.165) is 4.47 Å². The summed E-state index contributed by atoms with van der Waals surface area (Å²) in [5.74, 6) is -0.0332. The van der Waals surface area contributed by atoms with E-state index in [2.05, 4.69) is 30.8 Å². The number of nitrogens with zero attached hydrogens (tertiary/aromatic N) is 2. The molecule has 0 aliphatic carbocycles. The van der Waals surface area contributed by atoms with Gasteiger partial charge in [-0.1, -0.05) is 22.0 Å². The maximum Gasteiger partial charge on any atom is 0.253 e. The number of benzene rings is 1. The number of rotatable bonds is 4. The third kappa shape index (κ3) is 3.99. The molecule has 9 heteroatoms. The van der Waals surface area contributed by atoms with Gasteiger partial charge in [0.05, 0.1) is 11.4 Å². The molecule has 140 valence electrons. The minimum Gasteiger partial charge on any atom is -0.339 e. The van der Waals surface area contributed by atoms with Gasteiger partial charge in [-0.3, -0.25) is 9.89 Å². The van der Waals surface area contributed by atoms with Crippen molar-refractivity contribution in [3.63, 3.8) is 0 Å². The standard InChI is InChI=1S/C17H21BrN4O3S/c1-11-16(12(2)20-19-11)26(24,25)21-15-6-8-22(9-7-15)17(23)13-4-3-5-14(18)10-13/h3-5,10,15,21H,6-9H2,1-2H3,(H,19,20). The van der Waals surface area contributed by atoms with Crippen LogP contribution in [-0.4, -0.2) is 48.6 Å². The number of amides is 1. The van der Waals surface area contributed by atoms with Gasteiger partial charge in [0.25, 0.3) is 5.91 Å². The van der Waals surface area contributed by atoms with E-state index in [9.17, 15) is 13.2 Å². The van der Waals surface area contributed by atoms with Crippen LogP contribution in [0.1, 0.15) is 34.6 Å². The van der Waals surface area contributed by atoms with Crippen molar-refractivity contribution < 1.29 is 13.2 Å². The predicted molar refractivity (Wildman–Crippen MR) is 101 cm³/mol. The predicted octanol–water partition coefficient (Wildman–Crippen LogP) is 2.37. The molecule has 1 aliphatic heterocycles. The SMILES string of the molecule is Cc1n[nH]c(C)c1S(=O)(=O)NC1CCN(C(=O)c2cccc(Br)c2)CC1. The molecule has 1 aromatic carbocycles. The zero-order valence-electron chi connectivity index (χ0n) is 14.6. The molecule has 0 radical (unpaired) electrons. The number of aryl methyl sites for hydroxylation is 2. The third-order valence-corrected chi connectivity index (χ3v) is 6.78. The Hall–Kier alpha value is -1.71. The highest BCUT2D eigenvalue weighted by molar-refractivity contribution is 9.10. The fourth-order valence-electron chi connectivity index (χ4n) is 3.22. The number of likely N-dealkylation sites (tertiary alicyclic amines) is 1. The first kappa shape index (κ1) is 19.1. The smallest absolute Gasteiger partial charge is 0.253 e. The van der Waals surface area contributed by atoms with Crippen LogP contribution in [0.2, 0.25) is 0 Å². The number of aromatic nitrogens is 2. The minimum atomic E-state index is -3.63. The Balaban J connectivity index is 1.63. The topological polar surface area (TPSA) is 95.2 Å². The third-order valence-electron chi connectivity index (χ3n) is 4.50. The number of sulfonamides is 1. The number of H-pyrrole nitrogens is 1. The van der Waals surface area contributed by atoms with Gasteiger partial charge in [-0.05, 0) is 44.9 Å². The van der Waals surface area contributed by atoms with E-state index in [1.807, 2.05) is 12.1 Å². The molecule has 0 bridgehead atoms. The van der Waals surface area contributed by atoms with Crippen molar-refractivity contribution in [1.29, 1.82) is 0 Å². The van der Waals surface area contributed by atoms with Crippen molar-refractivity contribution in [2.75, 3.05) is 13.1 Å². The lowest BCUT2D eigenvalue weighted by Crippen LogP contribution is -2.46. The summed E-state index contributed by atoms with van der Waals surface area (Å²) in [7, 11) is -3.63. The molecule has 0 atom stereocenters. The molecule has 1 aromatic heterocycles. The van der Waals surface area contributed by atoms with Crippen LogP contribution in [0.4, 0.5) is 0 Å². The summed E-state index contributed by atoms with van der Waals surface area (Å²) in [5.41, 5.74) is 1.61. The average Bonchev–Trinajstić information content (AvgIpc) is 2.94. The number of aromatic amines is 1. The van der Waals surface area contributed by atoms with Gasteiger partial charge < -0.3 is 4.90 Å². The van der Waals surface area contributed by atoms with Gasteiger partial charge >= 0.3 is 0 Å². The van der Waals surface area contributed by atoms with Crippen LogP contribution < -0.4 is 4.72 Å². The molecule has 26 heavy (non-hydrogen) atoms. The molecular formula is C17H21BrN4O3S. The molecule has 2 N–H and O–H groups in total. The highest BCUT2D eigenvalue weighted by Gasteiger charge is 2.29.